The number of aromatic nitrogens is 1. The standard InChI is InChI=1S/C19H24ClF2N3O2S2/c1-3-12(4-5-19(2)6-7-19)10-23-15-9-14(21)16(8-13(15)20)29(26,27)25-18-24-11-17(22)28-18/h8-9,11-12,23H,3-7,10H2,1-2H3,(H,24,25)/t12-/m0/s1. The van der Waals surface area contributed by atoms with E-state index >= 15 is 0 Å². The molecule has 0 radical (unpaired) electrons. The van der Waals surface area contributed by atoms with Crippen LogP contribution < -0.4 is 10.0 Å². The summed E-state index contributed by atoms with van der Waals surface area (Å²) in [6.07, 6.45) is 6.70. The number of anilines is 2. The molecule has 1 heterocycles. The van der Waals surface area contributed by atoms with Gasteiger partial charge in [0.1, 0.15) is 10.7 Å². The average Bonchev–Trinajstić information content (AvgIpc) is 3.26. The zero-order chi connectivity index (χ0) is 21.2. The maximum Gasteiger partial charge on any atom is 0.266 e. The summed E-state index contributed by atoms with van der Waals surface area (Å²) < 4.78 is 54.4. The SMILES string of the molecule is CC[C@@H](CCC1(C)CC1)CNc1cc(F)c(S(=O)(=O)Nc2ncc(F)s2)cc1Cl. The van der Waals surface area contributed by atoms with Crippen molar-refractivity contribution in [2.45, 2.75) is 50.8 Å². The molecule has 0 saturated heterocycles. The zero-order valence-corrected chi connectivity index (χ0v) is 18.7. The first-order valence-corrected chi connectivity index (χ1v) is 12.2. The predicted molar refractivity (Wildman–Crippen MR) is 113 cm³/mol. The molecule has 2 N–H and O–H groups in total. The fourth-order valence-electron chi connectivity index (χ4n) is 3.06. The molecule has 1 aliphatic rings. The van der Waals surface area contributed by atoms with Crippen molar-refractivity contribution in [3.05, 3.63) is 34.3 Å². The highest BCUT2D eigenvalue weighted by Gasteiger charge is 2.36. The maximum absolute atomic E-state index is 14.5. The van der Waals surface area contributed by atoms with Gasteiger partial charge in [0.2, 0.25) is 0 Å². The van der Waals surface area contributed by atoms with Crippen LogP contribution in [0.15, 0.2) is 23.2 Å². The van der Waals surface area contributed by atoms with Crippen LogP contribution in [0.3, 0.4) is 0 Å². The number of rotatable bonds is 10. The van der Waals surface area contributed by atoms with Crippen molar-refractivity contribution in [2.24, 2.45) is 11.3 Å². The van der Waals surface area contributed by atoms with Gasteiger partial charge in [-0.2, -0.15) is 4.39 Å². The van der Waals surface area contributed by atoms with Gasteiger partial charge in [-0.1, -0.05) is 43.2 Å². The van der Waals surface area contributed by atoms with Gasteiger partial charge in [-0.15, -0.1) is 0 Å². The van der Waals surface area contributed by atoms with Gasteiger partial charge in [0.15, 0.2) is 10.3 Å². The number of hydrogen-bond donors (Lipinski definition) is 2. The number of nitrogens with one attached hydrogen (secondary N) is 2. The Bertz CT molecular complexity index is 978. The molecular weight excluding hydrogens is 440 g/mol. The molecule has 2 aromatic rings. The van der Waals surface area contributed by atoms with Crippen LogP contribution in [0.2, 0.25) is 5.02 Å². The Morgan fingerprint density at radius 2 is 2.07 bits per heavy atom. The molecule has 29 heavy (non-hydrogen) atoms. The van der Waals surface area contributed by atoms with Gasteiger partial charge < -0.3 is 5.32 Å². The minimum atomic E-state index is -4.28. The Labute approximate surface area is 178 Å². The van der Waals surface area contributed by atoms with Gasteiger partial charge in [-0.25, -0.2) is 17.8 Å². The molecule has 0 spiro atoms. The molecule has 10 heteroatoms. The van der Waals surface area contributed by atoms with Crippen molar-refractivity contribution in [1.29, 1.82) is 0 Å². The molecule has 160 valence electrons. The van der Waals surface area contributed by atoms with Gasteiger partial charge in [0, 0.05) is 6.54 Å². The van der Waals surface area contributed by atoms with E-state index in [2.05, 4.69) is 28.9 Å². The second-order valence-electron chi connectivity index (χ2n) is 7.84. The van der Waals surface area contributed by atoms with Crippen molar-refractivity contribution >= 4 is 43.8 Å². The molecule has 1 fully saturated rings. The van der Waals surface area contributed by atoms with Crippen LogP contribution in [0, 0.1) is 22.3 Å². The highest BCUT2D eigenvalue weighted by atomic mass is 35.5. The fraction of sp³-hybridized carbons (Fsp3) is 0.526. The molecule has 1 atom stereocenters. The predicted octanol–water partition coefficient (Wildman–Crippen LogP) is 5.89. The Morgan fingerprint density at radius 1 is 1.34 bits per heavy atom. The lowest BCUT2D eigenvalue weighted by atomic mass is 9.93. The van der Waals surface area contributed by atoms with Crippen LogP contribution in [0.1, 0.15) is 46.0 Å². The molecule has 1 aromatic carbocycles. The molecule has 1 aromatic heterocycles. The zero-order valence-electron chi connectivity index (χ0n) is 16.3. The minimum Gasteiger partial charge on any atom is -0.383 e. The second kappa shape index (κ2) is 8.73. The number of benzene rings is 1. The summed E-state index contributed by atoms with van der Waals surface area (Å²) in [5.41, 5.74) is 0.833. The number of hydrogen-bond acceptors (Lipinski definition) is 5. The first-order chi connectivity index (χ1) is 13.6. The highest BCUT2D eigenvalue weighted by molar-refractivity contribution is 7.93. The smallest absolute Gasteiger partial charge is 0.266 e. The molecule has 1 saturated carbocycles. The first kappa shape index (κ1) is 22.2. The van der Waals surface area contributed by atoms with Gasteiger partial charge in [0.25, 0.3) is 10.0 Å². The monoisotopic (exact) mass is 463 g/mol. The normalized spacial score (nSPS) is 16.4. The Kier molecular flexibility index (Phi) is 6.70. The summed E-state index contributed by atoms with van der Waals surface area (Å²) in [5.74, 6) is -0.517. The van der Waals surface area contributed by atoms with E-state index in [1.54, 1.807) is 0 Å². The lowest BCUT2D eigenvalue weighted by Crippen LogP contribution is -2.17. The van der Waals surface area contributed by atoms with Crippen LogP contribution in [-0.4, -0.2) is 19.9 Å². The molecule has 0 bridgehead atoms. The average molecular weight is 464 g/mol. The maximum atomic E-state index is 14.5. The van der Waals surface area contributed by atoms with Crippen molar-refractivity contribution in [1.82, 2.24) is 4.98 Å². The summed E-state index contributed by atoms with van der Waals surface area (Å²) >= 11 is 6.72. The topological polar surface area (TPSA) is 71.1 Å². The van der Waals surface area contributed by atoms with E-state index in [0.29, 0.717) is 34.9 Å². The van der Waals surface area contributed by atoms with Crippen LogP contribution in [0.4, 0.5) is 19.6 Å². The molecule has 0 unspecified atom stereocenters. The van der Waals surface area contributed by atoms with E-state index in [-0.39, 0.29) is 10.2 Å². The van der Waals surface area contributed by atoms with E-state index in [4.69, 9.17) is 11.6 Å². The summed E-state index contributed by atoms with van der Waals surface area (Å²) in [5, 5.41) is 2.41. The quantitative estimate of drug-likeness (QED) is 0.460. The lowest BCUT2D eigenvalue weighted by Gasteiger charge is -2.19. The van der Waals surface area contributed by atoms with Gasteiger partial charge in [-0.05, 0) is 49.1 Å². The van der Waals surface area contributed by atoms with Crippen LogP contribution in [-0.2, 0) is 10.0 Å². The van der Waals surface area contributed by atoms with E-state index < -0.39 is 25.9 Å². The number of sulfonamides is 1. The number of halogens is 3. The molecule has 0 amide bonds. The van der Waals surface area contributed by atoms with Crippen molar-refractivity contribution in [2.75, 3.05) is 16.6 Å². The number of thiazole rings is 1. The van der Waals surface area contributed by atoms with E-state index in [9.17, 15) is 17.2 Å². The van der Waals surface area contributed by atoms with Gasteiger partial charge in [0.05, 0.1) is 16.9 Å². The summed E-state index contributed by atoms with van der Waals surface area (Å²) in [4.78, 5) is 2.97. The van der Waals surface area contributed by atoms with E-state index in [1.165, 1.54) is 19.3 Å². The highest BCUT2D eigenvalue weighted by Crippen LogP contribution is 2.49. The van der Waals surface area contributed by atoms with Gasteiger partial charge >= 0.3 is 0 Å². The molecular formula is C19H24ClF2N3O2S2. The summed E-state index contributed by atoms with van der Waals surface area (Å²) in [7, 11) is -4.28. The van der Waals surface area contributed by atoms with E-state index in [1.807, 2.05) is 0 Å². The summed E-state index contributed by atoms with van der Waals surface area (Å²) in [6.45, 7) is 5.05. The third-order valence-corrected chi connectivity index (χ3v) is 7.93. The third-order valence-electron chi connectivity index (χ3n) is 5.43. The second-order valence-corrected chi connectivity index (χ2v) is 10.9. The van der Waals surface area contributed by atoms with Gasteiger partial charge in [-0.3, -0.25) is 4.72 Å². The van der Waals surface area contributed by atoms with Crippen LogP contribution >= 0.6 is 22.9 Å². The Morgan fingerprint density at radius 3 is 2.66 bits per heavy atom. The summed E-state index contributed by atoms with van der Waals surface area (Å²) in [6, 6.07) is 2.13. The van der Waals surface area contributed by atoms with Crippen LogP contribution in [0.5, 0.6) is 0 Å². The van der Waals surface area contributed by atoms with E-state index in [0.717, 1.165) is 31.2 Å². The number of nitrogens with zero attached hydrogens (tertiary/aromatic N) is 1. The van der Waals surface area contributed by atoms with Crippen LogP contribution in [0.25, 0.3) is 0 Å². The molecule has 5 nitrogen and oxygen atoms in total. The molecule has 3 rings (SSSR count). The van der Waals surface area contributed by atoms with Crippen molar-refractivity contribution in [3.8, 4) is 0 Å². The lowest BCUT2D eigenvalue weighted by molar-refractivity contribution is 0.400. The molecule has 0 aliphatic heterocycles. The van der Waals surface area contributed by atoms with Crippen molar-refractivity contribution in [3.63, 3.8) is 0 Å². The molecule has 1 aliphatic carbocycles. The minimum absolute atomic E-state index is 0.0982. The largest absolute Gasteiger partial charge is 0.383 e. The Balaban J connectivity index is 1.68. The third kappa shape index (κ3) is 5.79. The van der Waals surface area contributed by atoms with Crippen molar-refractivity contribution < 1.29 is 17.2 Å². The first-order valence-electron chi connectivity index (χ1n) is 9.49. The Hall–Kier alpha value is -1.45. The fourth-order valence-corrected chi connectivity index (χ4v) is 5.23.